The van der Waals surface area contributed by atoms with E-state index in [1.165, 1.54) is 0 Å². The Labute approximate surface area is 137 Å². The SMILES string of the molecule is CC(C)C(=O)NCCCN=C(N)NC1CCOc2ccccc21. The number of amides is 1. The molecule has 2 rings (SSSR count). The Balaban J connectivity index is 1.76. The number of ether oxygens (including phenoxy) is 1. The van der Waals surface area contributed by atoms with Gasteiger partial charge < -0.3 is 21.1 Å². The molecule has 0 radical (unpaired) electrons. The van der Waals surface area contributed by atoms with Crippen molar-refractivity contribution in [3.05, 3.63) is 29.8 Å². The van der Waals surface area contributed by atoms with Gasteiger partial charge in [-0.3, -0.25) is 9.79 Å². The van der Waals surface area contributed by atoms with Crippen LogP contribution < -0.4 is 21.1 Å². The van der Waals surface area contributed by atoms with E-state index in [0.717, 1.165) is 24.2 Å². The number of hydrogen-bond donors (Lipinski definition) is 3. The van der Waals surface area contributed by atoms with Gasteiger partial charge in [-0.2, -0.15) is 0 Å². The number of carbonyl (C=O) groups is 1. The van der Waals surface area contributed by atoms with Crippen molar-refractivity contribution in [1.82, 2.24) is 10.6 Å². The van der Waals surface area contributed by atoms with Gasteiger partial charge in [-0.1, -0.05) is 32.0 Å². The highest BCUT2D eigenvalue weighted by molar-refractivity contribution is 5.78. The first-order valence-electron chi connectivity index (χ1n) is 8.14. The minimum absolute atomic E-state index is 0.0128. The zero-order valence-corrected chi connectivity index (χ0v) is 13.8. The predicted octanol–water partition coefficient (Wildman–Crippen LogP) is 1.58. The summed E-state index contributed by atoms with van der Waals surface area (Å²) in [5, 5.41) is 6.12. The van der Waals surface area contributed by atoms with E-state index in [2.05, 4.69) is 15.6 Å². The van der Waals surface area contributed by atoms with Gasteiger partial charge in [-0.05, 0) is 12.5 Å². The molecule has 1 atom stereocenters. The fourth-order valence-electron chi connectivity index (χ4n) is 2.41. The third-order valence-corrected chi connectivity index (χ3v) is 3.72. The summed E-state index contributed by atoms with van der Waals surface area (Å²) < 4.78 is 5.63. The first-order valence-corrected chi connectivity index (χ1v) is 8.14. The Morgan fingerprint density at radius 2 is 2.22 bits per heavy atom. The number of aliphatic imine (C=N–C) groups is 1. The number of carbonyl (C=O) groups excluding carboxylic acids is 1. The highest BCUT2D eigenvalue weighted by Crippen LogP contribution is 2.31. The summed E-state index contributed by atoms with van der Waals surface area (Å²) in [7, 11) is 0. The standard InChI is InChI=1S/C17H26N4O2/c1-12(2)16(22)19-9-5-10-20-17(18)21-14-8-11-23-15-7-4-3-6-13(14)15/h3-4,6-7,12,14H,5,8-11H2,1-2H3,(H,19,22)(H3,18,20,21). The van der Waals surface area contributed by atoms with Gasteiger partial charge in [0.15, 0.2) is 5.96 Å². The van der Waals surface area contributed by atoms with Gasteiger partial charge in [0.1, 0.15) is 5.75 Å². The molecule has 1 aliphatic heterocycles. The lowest BCUT2D eigenvalue weighted by molar-refractivity contribution is -0.123. The van der Waals surface area contributed by atoms with Crippen molar-refractivity contribution < 1.29 is 9.53 Å². The van der Waals surface area contributed by atoms with E-state index in [4.69, 9.17) is 10.5 Å². The molecule has 6 nitrogen and oxygen atoms in total. The smallest absolute Gasteiger partial charge is 0.222 e. The number of fused-ring (bicyclic) bond motifs is 1. The lowest BCUT2D eigenvalue weighted by Crippen LogP contribution is -2.37. The molecule has 0 bridgehead atoms. The molecule has 126 valence electrons. The maximum Gasteiger partial charge on any atom is 0.222 e. The van der Waals surface area contributed by atoms with Gasteiger partial charge in [0.2, 0.25) is 5.91 Å². The molecule has 0 spiro atoms. The molecule has 0 aromatic heterocycles. The van der Waals surface area contributed by atoms with Gasteiger partial charge in [-0.15, -0.1) is 0 Å². The van der Waals surface area contributed by atoms with Gasteiger partial charge >= 0.3 is 0 Å². The van der Waals surface area contributed by atoms with Gasteiger partial charge in [0.05, 0.1) is 12.6 Å². The number of benzene rings is 1. The number of rotatable bonds is 6. The van der Waals surface area contributed by atoms with Gasteiger partial charge in [0, 0.05) is 31.0 Å². The van der Waals surface area contributed by atoms with Crippen LogP contribution in [0, 0.1) is 5.92 Å². The third kappa shape index (κ3) is 5.16. The summed E-state index contributed by atoms with van der Waals surface area (Å²) in [5.74, 6) is 1.42. The summed E-state index contributed by atoms with van der Waals surface area (Å²) in [4.78, 5) is 15.7. The first-order chi connectivity index (χ1) is 11.1. The Morgan fingerprint density at radius 1 is 1.43 bits per heavy atom. The molecule has 1 aliphatic rings. The van der Waals surface area contributed by atoms with Crippen molar-refractivity contribution in [2.24, 2.45) is 16.6 Å². The number of nitrogens with two attached hydrogens (primary N) is 1. The van der Waals surface area contributed by atoms with Crippen LogP contribution in [-0.4, -0.2) is 31.6 Å². The third-order valence-electron chi connectivity index (χ3n) is 3.72. The van der Waals surface area contributed by atoms with Crippen molar-refractivity contribution >= 4 is 11.9 Å². The maximum atomic E-state index is 11.4. The molecule has 6 heteroatoms. The molecule has 1 aromatic carbocycles. The number of nitrogens with zero attached hydrogens (tertiary/aromatic N) is 1. The highest BCUT2D eigenvalue weighted by Gasteiger charge is 2.21. The average Bonchev–Trinajstić information content (AvgIpc) is 2.54. The summed E-state index contributed by atoms with van der Waals surface area (Å²) in [5.41, 5.74) is 7.07. The van der Waals surface area contributed by atoms with E-state index in [1.54, 1.807) is 0 Å². The molecule has 1 unspecified atom stereocenters. The Bertz CT molecular complexity index is 557. The van der Waals surface area contributed by atoms with Crippen LogP contribution in [0.5, 0.6) is 5.75 Å². The monoisotopic (exact) mass is 318 g/mol. The van der Waals surface area contributed by atoms with Crippen LogP contribution in [0.15, 0.2) is 29.3 Å². The molecule has 1 amide bonds. The number of hydrogen-bond acceptors (Lipinski definition) is 3. The second-order valence-electron chi connectivity index (χ2n) is 5.94. The fraction of sp³-hybridized carbons (Fsp3) is 0.529. The summed E-state index contributed by atoms with van der Waals surface area (Å²) in [6.07, 6.45) is 1.63. The van der Waals surface area contributed by atoms with Gasteiger partial charge in [0.25, 0.3) is 0 Å². The van der Waals surface area contributed by atoms with E-state index in [1.807, 2.05) is 38.1 Å². The molecule has 23 heavy (non-hydrogen) atoms. The molecule has 4 N–H and O–H groups in total. The minimum Gasteiger partial charge on any atom is -0.493 e. The van der Waals surface area contributed by atoms with E-state index in [0.29, 0.717) is 25.7 Å². The zero-order chi connectivity index (χ0) is 16.7. The lowest BCUT2D eigenvalue weighted by Gasteiger charge is -2.26. The molecule has 0 aliphatic carbocycles. The number of nitrogens with one attached hydrogen (secondary N) is 2. The quantitative estimate of drug-likeness (QED) is 0.422. The second kappa shape index (κ2) is 8.41. The topological polar surface area (TPSA) is 88.7 Å². The zero-order valence-electron chi connectivity index (χ0n) is 13.8. The van der Waals surface area contributed by atoms with Crippen LogP contribution in [0.1, 0.15) is 38.3 Å². The van der Waals surface area contributed by atoms with Crippen LogP contribution in [0.4, 0.5) is 0 Å². The van der Waals surface area contributed by atoms with Crippen LogP contribution >= 0.6 is 0 Å². The van der Waals surface area contributed by atoms with Crippen LogP contribution in [0.3, 0.4) is 0 Å². The van der Waals surface area contributed by atoms with Crippen LogP contribution in [0.2, 0.25) is 0 Å². The van der Waals surface area contributed by atoms with E-state index in [-0.39, 0.29) is 17.9 Å². The molecule has 0 fully saturated rings. The average molecular weight is 318 g/mol. The van der Waals surface area contributed by atoms with Crippen molar-refractivity contribution in [1.29, 1.82) is 0 Å². The normalized spacial score (nSPS) is 17.3. The number of para-hydroxylation sites is 1. The summed E-state index contributed by atoms with van der Waals surface area (Å²) >= 11 is 0. The van der Waals surface area contributed by atoms with Crippen LogP contribution in [-0.2, 0) is 4.79 Å². The van der Waals surface area contributed by atoms with Gasteiger partial charge in [-0.25, -0.2) is 0 Å². The van der Waals surface area contributed by atoms with E-state index >= 15 is 0 Å². The summed E-state index contributed by atoms with van der Waals surface area (Å²) in [6.45, 7) is 5.63. The molecule has 0 saturated heterocycles. The number of guanidine groups is 1. The van der Waals surface area contributed by atoms with E-state index < -0.39 is 0 Å². The van der Waals surface area contributed by atoms with Crippen molar-refractivity contribution in [3.63, 3.8) is 0 Å². The van der Waals surface area contributed by atoms with Crippen molar-refractivity contribution in [2.75, 3.05) is 19.7 Å². The minimum atomic E-state index is 0.0128. The highest BCUT2D eigenvalue weighted by atomic mass is 16.5. The molecular formula is C17H26N4O2. The Morgan fingerprint density at radius 3 is 3.00 bits per heavy atom. The Hall–Kier alpha value is -2.24. The largest absolute Gasteiger partial charge is 0.493 e. The molecule has 1 aromatic rings. The first kappa shape index (κ1) is 17.1. The molecule has 0 saturated carbocycles. The Kier molecular flexibility index (Phi) is 6.26. The predicted molar refractivity (Wildman–Crippen MR) is 91.4 cm³/mol. The fourth-order valence-corrected chi connectivity index (χ4v) is 2.41. The van der Waals surface area contributed by atoms with Crippen molar-refractivity contribution in [2.45, 2.75) is 32.7 Å². The lowest BCUT2D eigenvalue weighted by atomic mass is 10.0. The van der Waals surface area contributed by atoms with E-state index in [9.17, 15) is 4.79 Å². The molecular weight excluding hydrogens is 292 g/mol. The summed E-state index contributed by atoms with van der Waals surface area (Å²) in [6, 6.07) is 8.09. The second-order valence-corrected chi connectivity index (χ2v) is 5.94. The maximum absolute atomic E-state index is 11.4. The molecule has 1 heterocycles. The van der Waals surface area contributed by atoms with Crippen molar-refractivity contribution in [3.8, 4) is 5.75 Å². The van der Waals surface area contributed by atoms with Crippen LogP contribution in [0.25, 0.3) is 0 Å².